The molecule has 1 fully saturated rings. The van der Waals surface area contributed by atoms with Crippen LogP contribution in [0.5, 0.6) is 0 Å². The van der Waals surface area contributed by atoms with Crippen molar-refractivity contribution in [2.45, 2.75) is 18.2 Å². The topological polar surface area (TPSA) is 80.3 Å². The van der Waals surface area contributed by atoms with E-state index in [0.29, 0.717) is 22.6 Å². The van der Waals surface area contributed by atoms with Gasteiger partial charge in [-0.15, -0.1) is 0 Å². The van der Waals surface area contributed by atoms with Gasteiger partial charge in [-0.25, -0.2) is 8.42 Å². The van der Waals surface area contributed by atoms with Crippen molar-refractivity contribution >= 4 is 38.9 Å². The van der Waals surface area contributed by atoms with Gasteiger partial charge in [0.05, 0.1) is 10.6 Å². The normalized spacial score (nSPS) is 17.9. The second-order valence-corrected chi connectivity index (χ2v) is 10.2. The highest BCUT2D eigenvalue weighted by molar-refractivity contribution is 7.89. The molecule has 0 bridgehead atoms. The van der Waals surface area contributed by atoms with Crippen LogP contribution in [0.3, 0.4) is 0 Å². The quantitative estimate of drug-likeness (QED) is 0.362. The highest BCUT2D eigenvalue weighted by Crippen LogP contribution is 2.42. The number of nitrogens with one attached hydrogen (secondary N) is 1. The molecular weight excluding hydrogens is 458 g/mol. The molecule has 33 heavy (non-hydrogen) atoms. The summed E-state index contributed by atoms with van der Waals surface area (Å²) in [6.45, 7) is 1.87. The molecule has 4 rings (SSSR count). The molecule has 7 heteroatoms. The Hall–Kier alpha value is -3.22. The molecule has 3 aromatic rings. The molecule has 0 spiro atoms. The highest BCUT2D eigenvalue weighted by atomic mass is 35.5. The van der Waals surface area contributed by atoms with Crippen molar-refractivity contribution in [1.82, 2.24) is 4.72 Å². The van der Waals surface area contributed by atoms with E-state index in [4.69, 9.17) is 11.6 Å². The van der Waals surface area contributed by atoms with Crippen molar-refractivity contribution in [1.29, 1.82) is 0 Å². The maximum Gasteiger partial charge on any atom is 0.261 e. The standard InChI is InChI=1S/C26H22ClNO4S/c1-17-10-12-21(13-11-17)33(31,32)28-24(18-6-3-2-4-7-18)16-25(29)22-15-23(22)26(30)19-8-5-9-20(27)14-19/h2-14,16,22-23,28H,15H2,1H3/b24-16-/t22-,23-/m1/s1. The molecule has 1 aliphatic carbocycles. The van der Waals surface area contributed by atoms with Gasteiger partial charge < -0.3 is 0 Å². The van der Waals surface area contributed by atoms with Gasteiger partial charge in [0.25, 0.3) is 10.0 Å². The lowest BCUT2D eigenvalue weighted by Crippen LogP contribution is -2.23. The third-order valence-electron chi connectivity index (χ3n) is 5.55. The molecule has 3 aromatic carbocycles. The van der Waals surface area contributed by atoms with Crippen molar-refractivity contribution in [3.05, 3.63) is 107 Å². The predicted octanol–water partition coefficient (Wildman–Crippen LogP) is 5.06. The molecule has 0 aliphatic heterocycles. The zero-order valence-electron chi connectivity index (χ0n) is 17.9. The van der Waals surface area contributed by atoms with Crippen molar-refractivity contribution in [3.8, 4) is 0 Å². The lowest BCUT2D eigenvalue weighted by Gasteiger charge is -2.12. The molecule has 0 amide bonds. The third kappa shape index (κ3) is 5.41. The summed E-state index contributed by atoms with van der Waals surface area (Å²) in [5.41, 5.74) is 2.13. The van der Waals surface area contributed by atoms with E-state index in [1.807, 2.05) is 6.92 Å². The summed E-state index contributed by atoms with van der Waals surface area (Å²) in [5, 5.41) is 0.459. The van der Waals surface area contributed by atoms with E-state index in [0.717, 1.165) is 5.56 Å². The number of hydrogen-bond donors (Lipinski definition) is 1. The van der Waals surface area contributed by atoms with Crippen molar-refractivity contribution < 1.29 is 18.0 Å². The van der Waals surface area contributed by atoms with E-state index in [1.54, 1.807) is 66.7 Å². The summed E-state index contributed by atoms with van der Waals surface area (Å²) >= 11 is 5.98. The number of allylic oxidation sites excluding steroid dienone is 1. The second kappa shape index (κ2) is 9.33. The van der Waals surface area contributed by atoms with E-state index in [2.05, 4.69) is 4.72 Å². The van der Waals surface area contributed by atoms with Crippen LogP contribution in [0.25, 0.3) is 5.70 Å². The van der Waals surface area contributed by atoms with Crippen LogP contribution in [0.4, 0.5) is 0 Å². The van der Waals surface area contributed by atoms with E-state index in [9.17, 15) is 18.0 Å². The van der Waals surface area contributed by atoms with E-state index in [1.165, 1.54) is 18.2 Å². The van der Waals surface area contributed by atoms with Gasteiger partial charge in [0.1, 0.15) is 0 Å². The van der Waals surface area contributed by atoms with Crippen LogP contribution in [0, 0.1) is 18.8 Å². The molecule has 0 aromatic heterocycles. The molecule has 0 heterocycles. The fourth-order valence-corrected chi connectivity index (χ4v) is 4.88. The lowest BCUT2D eigenvalue weighted by molar-refractivity contribution is -0.115. The predicted molar refractivity (Wildman–Crippen MR) is 128 cm³/mol. The summed E-state index contributed by atoms with van der Waals surface area (Å²) in [5.74, 6) is -1.34. The van der Waals surface area contributed by atoms with Gasteiger partial charge in [-0.2, -0.15) is 0 Å². The minimum Gasteiger partial charge on any atom is -0.294 e. The van der Waals surface area contributed by atoms with E-state index >= 15 is 0 Å². The SMILES string of the molecule is Cc1ccc(S(=O)(=O)N/C(=C\C(=O)[C@@H]2C[C@H]2C(=O)c2cccc(Cl)c2)c2ccccc2)cc1. The second-order valence-electron chi connectivity index (χ2n) is 8.07. The van der Waals surface area contributed by atoms with Crippen LogP contribution < -0.4 is 4.72 Å². The number of Topliss-reactive ketones (excluding diaryl/α,β-unsaturated/α-hetero) is 1. The average Bonchev–Trinajstić information content (AvgIpc) is 3.60. The number of carbonyl (C=O) groups is 2. The van der Waals surface area contributed by atoms with Crippen molar-refractivity contribution in [2.75, 3.05) is 0 Å². The molecule has 1 aliphatic rings. The van der Waals surface area contributed by atoms with Crippen LogP contribution in [0.2, 0.25) is 5.02 Å². The number of carbonyl (C=O) groups excluding carboxylic acids is 2. The Balaban J connectivity index is 1.58. The molecule has 2 atom stereocenters. The average molecular weight is 480 g/mol. The van der Waals surface area contributed by atoms with Crippen LogP contribution in [-0.4, -0.2) is 20.0 Å². The Kier molecular flexibility index (Phi) is 6.49. The smallest absolute Gasteiger partial charge is 0.261 e. The Morgan fingerprint density at radius 1 is 0.909 bits per heavy atom. The monoisotopic (exact) mass is 479 g/mol. The maximum absolute atomic E-state index is 13.0. The van der Waals surface area contributed by atoms with Gasteiger partial charge in [0.15, 0.2) is 11.6 Å². The molecular formula is C26H22ClNO4S. The number of hydrogen-bond acceptors (Lipinski definition) is 4. The molecule has 1 N–H and O–H groups in total. The minimum absolute atomic E-state index is 0.0998. The molecule has 0 radical (unpaired) electrons. The first-order chi connectivity index (χ1) is 15.7. The van der Waals surface area contributed by atoms with Crippen molar-refractivity contribution in [3.63, 3.8) is 0 Å². The first-order valence-corrected chi connectivity index (χ1v) is 12.3. The Morgan fingerprint density at radius 3 is 2.24 bits per heavy atom. The van der Waals surface area contributed by atoms with Gasteiger partial charge in [-0.05, 0) is 43.2 Å². The highest BCUT2D eigenvalue weighted by Gasteiger charge is 2.47. The molecule has 0 saturated heterocycles. The van der Waals surface area contributed by atoms with Gasteiger partial charge in [-0.3, -0.25) is 14.3 Å². The Morgan fingerprint density at radius 2 is 1.58 bits per heavy atom. The fraction of sp³-hybridized carbons (Fsp3) is 0.154. The number of aryl methyl sites for hydroxylation is 1. The van der Waals surface area contributed by atoms with E-state index < -0.39 is 21.9 Å². The molecule has 1 saturated carbocycles. The van der Waals surface area contributed by atoms with Gasteiger partial charge in [0.2, 0.25) is 0 Å². The molecule has 0 unspecified atom stereocenters. The Bertz CT molecular complexity index is 1330. The van der Waals surface area contributed by atoms with Gasteiger partial charge >= 0.3 is 0 Å². The zero-order chi connectivity index (χ0) is 23.6. The largest absolute Gasteiger partial charge is 0.294 e. The van der Waals surface area contributed by atoms with Crippen LogP contribution >= 0.6 is 11.6 Å². The van der Waals surface area contributed by atoms with Crippen molar-refractivity contribution in [2.24, 2.45) is 11.8 Å². The lowest BCUT2D eigenvalue weighted by atomic mass is 10.0. The number of rotatable bonds is 8. The first-order valence-electron chi connectivity index (χ1n) is 10.4. The number of halogens is 1. The first kappa shape index (κ1) is 23.0. The van der Waals surface area contributed by atoms with Crippen LogP contribution in [-0.2, 0) is 14.8 Å². The van der Waals surface area contributed by atoms with Crippen LogP contribution in [0.15, 0.2) is 89.8 Å². The number of benzene rings is 3. The summed E-state index contributed by atoms with van der Waals surface area (Å²) in [6, 6.07) is 21.9. The fourth-order valence-electron chi connectivity index (χ4n) is 3.61. The minimum atomic E-state index is -3.91. The van der Waals surface area contributed by atoms with E-state index in [-0.39, 0.29) is 22.2 Å². The zero-order valence-corrected chi connectivity index (χ0v) is 19.4. The summed E-state index contributed by atoms with van der Waals surface area (Å²) < 4.78 is 28.5. The number of ketones is 2. The molecule has 5 nitrogen and oxygen atoms in total. The number of sulfonamides is 1. The Labute approximate surface area is 198 Å². The molecule has 168 valence electrons. The maximum atomic E-state index is 13.0. The summed E-state index contributed by atoms with van der Waals surface area (Å²) in [7, 11) is -3.91. The van der Waals surface area contributed by atoms with Gasteiger partial charge in [0, 0.05) is 28.5 Å². The van der Waals surface area contributed by atoms with Crippen LogP contribution in [0.1, 0.15) is 27.9 Å². The summed E-state index contributed by atoms with van der Waals surface area (Å²) in [4.78, 5) is 25.8. The summed E-state index contributed by atoms with van der Waals surface area (Å²) in [6.07, 6.45) is 1.71. The third-order valence-corrected chi connectivity index (χ3v) is 7.17. The van der Waals surface area contributed by atoms with Gasteiger partial charge in [-0.1, -0.05) is 71.8 Å².